The summed E-state index contributed by atoms with van der Waals surface area (Å²) in [5.41, 5.74) is 0.0101. The highest BCUT2D eigenvalue weighted by Crippen LogP contribution is 2.31. The molecule has 2 unspecified atom stereocenters. The number of hydrogen-bond donors (Lipinski definition) is 1. The van der Waals surface area contributed by atoms with Crippen molar-refractivity contribution in [2.24, 2.45) is 0 Å². The van der Waals surface area contributed by atoms with Crippen LogP contribution in [0.4, 0.5) is 0 Å². The van der Waals surface area contributed by atoms with Gasteiger partial charge in [0.2, 0.25) is 0 Å². The Balaban J connectivity index is 1.58. The number of ether oxygens (including phenoxy) is 1. The normalized spacial score (nSPS) is 28.2. The second-order valence-corrected chi connectivity index (χ2v) is 5.62. The molecule has 2 aliphatic rings. The van der Waals surface area contributed by atoms with Gasteiger partial charge in [-0.2, -0.15) is 0 Å². The summed E-state index contributed by atoms with van der Waals surface area (Å²) in [6.45, 7) is 1.79. The lowest BCUT2D eigenvalue weighted by molar-refractivity contribution is -0.0526. The van der Waals surface area contributed by atoms with Crippen LogP contribution in [-0.2, 0) is 4.74 Å². The van der Waals surface area contributed by atoms with Crippen LogP contribution in [0.2, 0.25) is 0 Å². The van der Waals surface area contributed by atoms with Crippen molar-refractivity contribution in [1.29, 1.82) is 0 Å². The van der Waals surface area contributed by atoms with E-state index in [1.807, 2.05) is 0 Å². The molecule has 7 nitrogen and oxygen atoms in total. The minimum Gasteiger partial charge on any atom is -0.476 e. The average molecular weight is 280 g/mol. The number of nitrogens with zero attached hydrogens (tertiary/aromatic N) is 4. The first kappa shape index (κ1) is 13.5. The van der Waals surface area contributed by atoms with Crippen LogP contribution < -0.4 is 0 Å². The van der Waals surface area contributed by atoms with Crippen molar-refractivity contribution < 1.29 is 14.6 Å². The van der Waals surface area contributed by atoms with Crippen molar-refractivity contribution in [1.82, 2.24) is 19.9 Å². The third-order valence-corrected chi connectivity index (χ3v) is 4.43. The van der Waals surface area contributed by atoms with Gasteiger partial charge in [0.05, 0.1) is 18.3 Å². The summed E-state index contributed by atoms with van der Waals surface area (Å²) < 4.78 is 7.25. The van der Waals surface area contributed by atoms with Crippen molar-refractivity contribution >= 4 is 5.97 Å². The quantitative estimate of drug-likeness (QED) is 0.878. The SMILES string of the molecule is COC1CCCCC1N1CC(n2cc(C(=O)O)nn2)C1. The van der Waals surface area contributed by atoms with Crippen molar-refractivity contribution in [2.75, 3.05) is 20.2 Å². The van der Waals surface area contributed by atoms with Crippen LogP contribution in [0.5, 0.6) is 0 Å². The standard InChI is InChI=1S/C13H20N4O3/c1-20-12-5-3-2-4-11(12)16-6-9(7-16)17-8-10(13(18)19)14-15-17/h8-9,11-12H,2-7H2,1H3,(H,18,19). The summed E-state index contributed by atoms with van der Waals surface area (Å²) >= 11 is 0. The first-order valence-corrected chi connectivity index (χ1v) is 7.11. The summed E-state index contributed by atoms with van der Waals surface area (Å²) in [5.74, 6) is -1.03. The molecule has 0 amide bonds. The number of aromatic nitrogens is 3. The van der Waals surface area contributed by atoms with Crippen LogP contribution in [-0.4, -0.2) is 63.3 Å². The lowest BCUT2D eigenvalue weighted by Gasteiger charge is -2.47. The highest BCUT2D eigenvalue weighted by molar-refractivity contribution is 5.84. The van der Waals surface area contributed by atoms with Crippen molar-refractivity contribution in [3.8, 4) is 0 Å². The molecule has 1 aromatic heterocycles. The predicted octanol–water partition coefficient (Wildman–Crippen LogP) is 0.791. The lowest BCUT2D eigenvalue weighted by Crippen LogP contribution is -2.57. The highest BCUT2D eigenvalue weighted by atomic mass is 16.5. The molecule has 3 rings (SSSR count). The number of aromatic carboxylic acids is 1. The van der Waals surface area contributed by atoms with Gasteiger partial charge in [-0.25, -0.2) is 9.48 Å². The molecule has 0 aromatic carbocycles. The molecule has 110 valence electrons. The molecule has 20 heavy (non-hydrogen) atoms. The summed E-state index contributed by atoms with van der Waals surface area (Å²) in [7, 11) is 1.79. The fourth-order valence-corrected chi connectivity index (χ4v) is 3.25. The maximum Gasteiger partial charge on any atom is 0.358 e. The van der Waals surface area contributed by atoms with Crippen molar-refractivity contribution in [3.05, 3.63) is 11.9 Å². The van der Waals surface area contributed by atoms with Gasteiger partial charge in [0.15, 0.2) is 5.69 Å². The molecule has 0 spiro atoms. The second kappa shape index (κ2) is 5.49. The zero-order chi connectivity index (χ0) is 14.1. The van der Waals surface area contributed by atoms with Crippen LogP contribution in [0.15, 0.2) is 6.20 Å². The van der Waals surface area contributed by atoms with Gasteiger partial charge in [-0.05, 0) is 12.8 Å². The van der Waals surface area contributed by atoms with E-state index < -0.39 is 5.97 Å². The Morgan fingerprint density at radius 1 is 1.40 bits per heavy atom. The molecule has 2 fully saturated rings. The molecule has 1 saturated heterocycles. The topological polar surface area (TPSA) is 80.5 Å². The monoisotopic (exact) mass is 280 g/mol. The molecule has 1 aliphatic heterocycles. The molecular weight excluding hydrogens is 260 g/mol. The zero-order valence-corrected chi connectivity index (χ0v) is 11.6. The zero-order valence-electron chi connectivity index (χ0n) is 11.6. The average Bonchev–Trinajstić information content (AvgIpc) is 2.87. The summed E-state index contributed by atoms with van der Waals surface area (Å²) in [6.07, 6.45) is 6.67. The smallest absolute Gasteiger partial charge is 0.358 e. The van der Waals surface area contributed by atoms with E-state index in [2.05, 4.69) is 15.2 Å². The molecule has 7 heteroatoms. The Morgan fingerprint density at radius 3 is 2.80 bits per heavy atom. The first-order valence-electron chi connectivity index (χ1n) is 7.11. The third-order valence-electron chi connectivity index (χ3n) is 4.43. The van der Waals surface area contributed by atoms with Gasteiger partial charge in [0.25, 0.3) is 0 Å². The number of hydrogen-bond acceptors (Lipinski definition) is 5. The molecule has 0 radical (unpaired) electrons. The van der Waals surface area contributed by atoms with E-state index in [9.17, 15) is 4.79 Å². The van der Waals surface area contributed by atoms with Crippen LogP contribution >= 0.6 is 0 Å². The molecule has 0 bridgehead atoms. The van der Waals surface area contributed by atoms with Gasteiger partial charge in [-0.15, -0.1) is 5.10 Å². The van der Waals surface area contributed by atoms with E-state index in [-0.39, 0.29) is 11.7 Å². The molecular formula is C13H20N4O3. The predicted molar refractivity (Wildman–Crippen MR) is 70.6 cm³/mol. The fraction of sp³-hybridized carbons (Fsp3) is 0.769. The number of rotatable bonds is 4. The van der Waals surface area contributed by atoms with Crippen LogP contribution in [0.3, 0.4) is 0 Å². The Morgan fingerprint density at radius 2 is 2.15 bits per heavy atom. The first-order chi connectivity index (χ1) is 9.69. The van der Waals surface area contributed by atoms with E-state index in [0.29, 0.717) is 12.1 Å². The number of carboxylic acids is 1. The Labute approximate surface area is 117 Å². The van der Waals surface area contributed by atoms with Crippen molar-refractivity contribution in [2.45, 2.75) is 43.9 Å². The summed E-state index contributed by atoms with van der Waals surface area (Å²) in [6, 6.07) is 0.725. The van der Waals surface area contributed by atoms with Crippen LogP contribution in [0.1, 0.15) is 42.2 Å². The van der Waals surface area contributed by atoms with Gasteiger partial charge in [-0.3, -0.25) is 4.90 Å². The Kier molecular flexibility index (Phi) is 3.71. The largest absolute Gasteiger partial charge is 0.476 e. The molecule has 1 aliphatic carbocycles. The van der Waals surface area contributed by atoms with Gasteiger partial charge < -0.3 is 9.84 Å². The van der Waals surface area contributed by atoms with Gasteiger partial charge in [0.1, 0.15) is 0 Å². The number of carbonyl (C=O) groups is 1. The fourth-order valence-electron chi connectivity index (χ4n) is 3.25. The molecule has 1 saturated carbocycles. The minimum atomic E-state index is -1.03. The van der Waals surface area contributed by atoms with E-state index in [4.69, 9.17) is 9.84 Å². The van der Waals surface area contributed by atoms with Gasteiger partial charge >= 0.3 is 5.97 Å². The Hall–Kier alpha value is -1.47. The van der Waals surface area contributed by atoms with E-state index in [1.54, 1.807) is 11.8 Å². The van der Waals surface area contributed by atoms with E-state index in [1.165, 1.54) is 25.5 Å². The van der Waals surface area contributed by atoms with Crippen LogP contribution in [0.25, 0.3) is 0 Å². The third kappa shape index (κ3) is 2.43. The second-order valence-electron chi connectivity index (χ2n) is 5.62. The van der Waals surface area contributed by atoms with Crippen LogP contribution in [0, 0.1) is 0 Å². The van der Waals surface area contributed by atoms with Gasteiger partial charge in [0, 0.05) is 26.2 Å². The molecule has 1 aromatic rings. The minimum absolute atomic E-state index is 0.0101. The van der Waals surface area contributed by atoms with Crippen molar-refractivity contribution in [3.63, 3.8) is 0 Å². The number of methoxy groups -OCH3 is 1. The maximum atomic E-state index is 10.8. The molecule has 2 heterocycles. The number of carboxylic acid groups (broad SMARTS) is 1. The molecule has 2 atom stereocenters. The van der Waals surface area contributed by atoms with E-state index in [0.717, 1.165) is 19.5 Å². The number of likely N-dealkylation sites (tertiary alicyclic amines) is 1. The summed E-state index contributed by atoms with van der Waals surface area (Å²) in [4.78, 5) is 13.2. The Bertz CT molecular complexity index is 484. The lowest BCUT2D eigenvalue weighted by atomic mass is 9.88. The highest BCUT2D eigenvalue weighted by Gasteiger charge is 2.39. The van der Waals surface area contributed by atoms with E-state index >= 15 is 0 Å². The molecule has 1 N–H and O–H groups in total. The summed E-state index contributed by atoms with van der Waals surface area (Å²) in [5, 5.41) is 16.4. The maximum absolute atomic E-state index is 10.8. The van der Waals surface area contributed by atoms with Gasteiger partial charge in [-0.1, -0.05) is 18.1 Å².